The fraction of sp³-hybridized carbons (Fsp3) is 0.632. The molecule has 0 aromatic heterocycles. The van der Waals surface area contributed by atoms with Gasteiger partial charge >= 0.3 is 6.09 Å². The molecule has 1 fully saturated rings. The number of rotatable bonds is 5. The first-order valence-corrected chi connectivity index (χ1v) is 8.88. The number of carbonyl (C=O) groups excluding carboxylic acids is 1. The number of hydrogen-bond acceptors (Lipinski definition) is 4. The Hall–Kier alpha value is -1.91. The average Bonchev–Trinajstić information content (AvgIpc) is 2.51. The third-order valence-corrected chi connectivity index (χ3v) is 4.44. The summed E-state index contributed by atoms with van der Waals surface area (Å²) in [4.78, 5) is 11.7. The van der Waals surface area contributed by atoms with Crippen molar-refractivity contribution in [3.8, 4) is 0 Å². The number of amides is 1. The van der Waals surface area contributed by atoms with Crippen LogP contribution in [0, 0.1) is 11.8 Å². The highest BCUT2D eigenvalue weighted by molar-refractivity contribution is 5.67. The molecular formula is C19H31N3O2. The van der Waals surface area contributed by atoms with Crippen molar-refractivity contribution >= 4 is 17.5 Å². The molecule has 0 spiro atoms. The molecule has 0 heterocycles. The van der Waals surface area contributed by atoms with Crippen LogP contribution in [0.15, 0.2) is 24.3 Å². The molecule has 0 atom stereocenters. The maximum atomic E-state index is 11.7. The van der Waals surface area contributed by atoms with Crippen LogP contribution in [-0.2, 0) is 4.74 Å². The number of nitrogens with one attached hydrogen (secondary N) is 2. The summed E-state index contributed by atoms with van der Waals surface area (Å²) in [5, 5.41) is 6.35. The van der Waals surface area contributed by atoms with Crippen LogP contribution in [0.3, 0.4) is 0 Å². The predicted octanol–water partition coefficient (Wildman–Crippen LogP) is 4.01. The van der Waals surface area contributed by atoms with Crippen LogP contribution in [0.5, 0.6) is 0 Å². The summed E-state index contributed by atoms with van der Waals surface area (Å²) in [6, 6.07) is 7.88. The molecule has 0 aliphatic heterocycles. The largest absolute Gasteiger partial charge is 0.444 e. The minimum absolute atomic E-state index is 0.314. The number of para-hydroxylation sites is 2. The van der Waals surface area contributed by atoms with Crippen molar-refractivity contribution < 1.29 is 9.53 Å². The van der Waals surface area contributed by atoms with E-state index in [1.165, 1.54) is 12.8 Å². The van der Waals surface area contributed by atoms with Crippen molar-refractivity contribution in [1.29, 1.82) is 0 Å². The molecule has 2 rings (SSSR count). The smallest absolute Gasteiger partial charge is 0.407 e. The molecular weight excluding hydrogens is 302 g/mol. The third kappa shape index (κ3) is 6.30. The van der Waals surface area contributed by atoms with Gasteiger partial charge in [0.1, 0.15) is 5.60 Å². The SMILES string of the molecule is CC(C)(C)OC(=O)NC[C@H]1CC[C@H](CNc2ccccc2N)CC1. The molecule has 4 N–H and O–H groups in total. The Balaban J connectivity index is 1.65. The van der Waals surface area contributed by atoms with Gasteiger partial charge in [0, 0.05) is 13.1 Å². The standard InChI is InChI=1S/C19H31N3O2/c1-19(2,3)24-18(23)22-13-15-10-8-14(9-11-15)12-21-17-7-5-4-6-16(17)20/h4-7,14-15,21H,8-13,20H2,1-3H3,(H,22,23)/t14-,15-. The van der Waals surface area contributed by atoms with Gasteiger partial charge < -0.3 is 21.1 Å². The van der Waals surface area contributed by atoms with Crippen LogP contribution >= 0.6 is 0 Å². The quantitative estimate of drug-likeness (QED) is 0.712. The van der Waals surface area contributed by atoms with E-state index in [0.29, 0.717) is 18.4 Å². The van der Waals surface area contributed by atoms with E-state index in [0.717, 1.165) is 30.8 Å². The van der Waals surface area contributed by atoms with Crippen molar-refractivity contribution in [3.63, 3.8) is 0 Å². The van der Waals surface area contributed by atoms with Crippen molar-refractivity contribution in [2.75, 3.05) is 24.1 Å². The summed E-state index contributed by atoms with van der Waals surface area (Å²) >= 11 is 0. The molecule has 134 valence electrons. The topological polar surface area (TPSA) is 76.4 Å². The summed E-state index contributed by atoms with van der Waals surface area (Å²) in [5.74, 6) is 1.22. The van der Waals surface area contributed by atoms with Crippen molar-refractivity contribution in [1.82, 2.24) is 5.32 Å². The van der Waals surface area contributed by atoms with Gasteiger partial charge in [0.05, 0.1) is 11.4 Å². The zero-order chi connectivity index (χ0) is 17.6. The Morgan fingerprint density at radius 2 is 1.71 bits per heavy atom. The van der Waals surface area contributed by atoms with Gasteiger partial charge in [-0.1, -0.05) is 12.1 Å². The molecule has 0 radical (unpaired) electrons. The minimum Gasteiger partial charge on any atom is -0.444 e. The number of alkyl carbamates (subject to hydrolysis) is 1. The number of anilines is 2. The maximum absolute atomic E-state index is 11.7. The molecule has 1 aliphatic carbocycles. The summed E-state index contributed by atoms with van der Waals surface area (Å²) < 4.78 is 5.28. The zero-order valence-electron chi connectivity index (χ0n) is 15.1. The van der Waals surface area contributed by atoms with Crippen molar-refractivity contribution in [2.45, 2.75) is 52.1 Å². The first-order valence-electron chi connectivity index (χ1n) is 8.88. The predicted molar refractivity (Wildman–Crippen MR) is 99.0 cm³/mol. The molecule has 1 aromatic carbocycles. The normalized spacial score (nSPS) is 21.1. The van der Waals surface area contributed by atoms with Gasteiger partial charge in [-0.2, -0.15) is 0 Å². The molecule has 24 heavy (non-hydrogen) atoms. The highest BCUT2D eigenvalue weighted by atomic mass is 16.6. The van der Waals surface area contributed by atoms with Crippen LogP contribution in [-0.4, -0.2) is 24.8 Å². The molecule has 5 nitrogen and oxygen atoms in total. The summed E-state index contributed by atoms with van der Waals surface area (Å²) in [5.41, 5.74) is 7.34. The van der Waals surface area contributed by atoms with Gasteiger partial charge in [-0.25, -0.2) is 4.79 Å². The van der Waals surface area contributed by atoms with E-state index in [2.05, 4.69) is 10.6 Å². The monoisotopic (exact) mass is 333 g/mol. The van der Waals surface area contributed by atoms with E-state index >= 15 is 0 Å². The molecule has 1 saturated carbocycles. The second-order valence-electron chi connectivity index (χ2n) is 7.74. The van der Waals surface area contributed by atoms with Gasteiger partial charge in [-0.15, -0.1) is 0 Å². The Morgan fingerprint density at radius 3 is 2.29 bits per heavy atom. The van der Waals surface area contributed by atoms with E-state index in [1.54, 1.807) is 0 Å². The first kappa shape index (κ1) is 18.4. The van der Waals surface area contributed by atoms with Gasteiger partial charge in [0.15, 0.2) is 0 Å². The van der Waals surface area contributed by atoms with Gasteiger partial charge in [-0.05, 0) is 70.4 Å². The Morgan fingerprint density at radius 1 is 1.12 bits per heavy atom. The molecule has 0 unspecified atom stereocenters. The lowest BCUT2D eigenvalue weighted by Crippen LogP contribution is -2.36. The lowest BCUT2D eigenvalue weighted by atomic mass is 9.82. The maximum Gasteiger partial charge on any atom is 0.407 e. The van der Waals surface area contributed by atoms with Crippen LogP contribution in [0.4, 0.5) is 16.2 Å². The van der Waals surface area contributed by atoms with Crippen molar-refractivity contribution in [3.05, 3.63) is 24.3 Å². The Kier molecular flexibility index (Phi) is 6.35. The van der Waals surface area contributed by atoms with E-state index in [9.17, 15) is 4.79 Å². The number of nitrogens with two attached hydrogens (primary N) is 1. The second-order valence-corrected chi connectivity index (χ2v) is 7.74. The Labute approximate surface area is 145 Å². The van der Waals surface area contributed by atoms with Crippen molar-refractivity contribution in [2.24, 2.45) is 11.8 Å². The summed E-state index contributed by atoms with van der Waals surface area (Å²) in [6.07, 6.45) is 4.34. The number of benzene rings is 1. The summed E-state index contributed by atoms with van der Waals surface area (Å²) in [6.45, 7) is 7.31. The summed E-state index contributed by atoms with van der Waals surface area (Å²) in [7, 11) is 0. The Bertz CT molecular complexity index is 532. The number of carbonyl (C=O) groups is 1. The van der Waals surface area contributed by atoms with Gasteiger partial charge in [-0.3, -0.25) is 0 Å². The van der Waals surface area contributed by atoms with E-state index in [1.807, 2.05) is 45.0 Å². The lowest BCUT2D eigenvalue weighted by molar-refractivity contribution is 0.0513. The second kappa shape index (κ2) is 8.27. The third-order valence-electron chi connectivity index (χ3n) is 4.44. The van der Waals surface area contributed by atoms with E-state index in [-0.39, 0.29) is 6.09 Å². The minimum atomic E-state index is -0.438. The first-order chi connectivity index (χ1) is 11.3. The molecule has 1 amide bonds. The highest BCUT2D eigenvalue weighted by Crippen LogP contribution is 2.29. The molecule has 5 heteroatoms. The molecule has 0 saturated heterocycles. The zero-order valence-corrected chi connectivity index (χ0v) is 15.1. The molecule has 1 aliphatic rings. The molecule has 0 bridgehead atoms. The number of nitrogen functional groups attached to an aromatic ring is 1. The van der Waals surface area contributed by atoms with Gasteiger partial charge in [0.25, 0.3) is 0 Å². The highest BCUT2D eigenvalue weighted by Gasteiger charge is 2.22. The van der Waals surface area contributed by atoms with Crippen LogP contribution in [0.25, 0.3) is 0 Å². The average molecular weight is 333 g/mol. The van der Waals surface area contributed by atoms with Crippen LogP contribution in [0.2, 0.25) is 0 Å². The fourth-order valence-corrected chi connectivity index (χ4v) is 3.09. The van der Waals surface area contributed by atoms with E-state index < -0.39 is 5.60 Å². The van der Waals surface area contributed by atoms with E-state index in [4.69, 9.17) is 10.5 Å². The van der Waals surface area contributed by atoms with Gasteiger partial charge in [0.2, 0.25) is 0 Å². The fourth-order valence-electron chi connectivity index (χ4n) is 3.09. The van der Waals surface area contributed by atoms with Crippen LogP contribution < -0.4 is 16.4 Å². The molecule has 1 aromatic rings. The van der Waals surface area contributed by atoms with Crippen LogP contribution in [0.1, 0.15) is 46.5 Å². The number of hydrogen-bond donors (Lipinski definition) is 3. The number of ether oxygens (including phenoxy) is 1. The lowest BCUT2D eigenvalue weighted by Gasteiger charge is -2.29.